The number of nitrogens with one attached hydrogen (secondary N) is 1. The molecule has 1 saturated carbocycles. The van der Waals surface area contributed by atoms with Crippen molar-refractivity contribution < 1.29 is 0 Å². The SMILES string of the molecule is CCC1(CNc2cnn(CCN(C)C)c(=O)c2Cl)CCC1. The first-order valence-electron chi connectivity index (χ1n) is 7.62. The Morgan fingerprint density at radius 2 is 2.19 bits per heavy atom. The second-order valence-corrected chi connectivity index (χ2v) is 6.64. The molecule has 5 nitrogen and oxygen atoms in total. The Labute approximate surface area is 131 Å². The van der Waals surface area contributed by atoms with Gasteiger partial charge in [-0.1, -0.05) is 24.9 Å². The van der Waals surface area contributed by atoms with Gasteiger partial charge in [0.1, 0.15) is 5.02 Å². The fraction of sp³-hybridized carbons (Fsp3) is 0.733. The lowest BCUT2D eigenvalue weighted by Gasteiger charge is -2.41. The Morgan fingerprint density at radius 3 is 2.71 bits per heavy atom. The summed E-state index contributed by atoms with van der Waals surface area (Å²) in [6, 6.07) is 0. The molecule has 21 heavy (non-hydrogen) atoms. The van der Waals surface area contributed by atoms with Crippen LogP contribution in [0.1, 0.15) is 32.6 Å². The zero-order chi connectivity index (χ0) is 15.5. The van der Waals surface area contributed by atoms with E-state index in [0.717, 1.165) is 19.5 Å². The van der Waals surface area contributed by atoms with Crippen LogP contribution >= 0.6 is 11.6 Å². The van der Waals surface area contributed by atoms with Gasteiger partial charge in [-0.15, -0.1) is 0 Å². The quantitative estimate of drug-likeness (QED) is 0.840. The van der Waals surface area contributed by atoms with Crippen molar-refractivity contribution in [2.45, 2.75) is 39.2 Å². The van der Waals surface area contributed by atoms with Gasteiger partial charge in [-0.3, -0.25) is 4.79 Å². The van der Waals surface area contributed by atoms with Gasteiger partial charge in [-0.2, -0.15) is 5.10 Å². The summed E-state index contributed by atoms with van der Waals surface area (Å²) in [7, 11) is 3.93. The molecule has 0 spiro atoms. The van der Waals surface area contributed by atoms with Gasteiger partial charge in [0.15, 0.2) is 0 Å². The molecular formula is C15H25ClN4O. The molecule has 0 aliphatic heterocycles. The topological polar surface area (TPSA) is 50.2 Å². The second-order valence-electron chi connectivity index (χ2n) is 6.26. The summed E-state index contributed by atoms with van der Waals surface area (Å²) in [6.07, 6.45) is 6.63. The van der Waals surface area contributed by atoms with Crippen LogP contribution in [-0.2, 0) is 6.54 Å². The minimum atomic E-state index is -0.220. The highest BCUT2D eigenvalue weighted by Gasteiger charge is 2.34. The number of likely N-dealkylation sites (N-methyl/N-ethyl adjacent to an activating group) is 1. The van der Waals surface area contributed by atoms with Crippen molar-refractivity contribution in [2.24, 2.45) is 5.41 Å². The summed E-state index contributed by atoms with van der Waals surface area (Å²) in [5.41, 5.74) is 0.813. The van der Waals surface area contributed by atoms with Crippen LogP contribution in [0.4, 0.5) is 5.69 Å². The van der Waals surface area contributed by atoms with Crippen LogP contribution in [0.25, 0.3) is 0 Å². The second kappa shape index (κ2) is 6.79. The predicted octanol–water partition coefficient (Wildman–Crippen LogP) is 2.45. The molecule has 0 amide bonds. The molecule has 0 radical (unpaired) electrons. The number of rotatable bonds is 7. The van der Waals surface area contributed by atoms with Gasteiger partial charge < -0.3 is 10.2 Å². The van der Waals surface area contributed by atoms with Crippen molar-refractivity contribution in [1.82, 2.24) is 14.7 Å². The van der Waals surface area contributed by atoms with Crippen molar-refractivity contribution in [2.75, 3.05) is 32.5 Å². The zero-order valence-corrected chi connectivity index (χ0v) is 13.9. The van der Waals surface area contributed by atoms with Crippen molar-refractivity contribution in [1.29, 1.82) is 0 Å². The Bertz CT molecular complexity index is 531. The summed E-state index contributed by atoms with van der Waals surface area (Å²) in [5, 5.41) is 7.78. The Hall–Kier alpha value is -1.07. The Kier molecular flexibility index (Phi) is 5.27. The first-order valence-corrected chi connectivity index (χ1v) is 7.99. The molecule has 1 aromatic rings. The number of hydrogen-bond donors (Lipinski definition) is 1. The zero-order valence-electron chi connectivity index (χ0n) is 13.2. The molecule has 0 saturated heterocycles. The number of aromatic nitrogens is 2. The van der Waals surface area contributed by atoms with E-state index in [2.05, 4.69) is 17.3 Å². The number of anilines is 1. The first-order chi connectivity index (χ1) is 9.97. The molecule has 2 rings (SSSR count). The molecular weight excluding hydrogens is 288 g/mol. The highest BCUT2D eigenvalue weighted by atomic mass is 35.5. The predicted molar refractivity (Wildman–Crippen MR) is 87.1 cm³/mol. The van der Waals surface area contributed by atoms with Gasteiger partial charge in [0.25, 0.3) is 5.56 Å². The Morgan fingerprint density at radius 1 is 1.48 bits per heavy atom. The summed E-state index contributed by atoms with van der Waals surface area (Å²) >= 11 is 6.20. The van der Waals surface area contributed by atoms with E-state index in [4.69, 9.17) is 11.6 Å². The number of halogens is 1. The lowest BCUT2D eigenvalue weighted by atomic mass is 9.67. The maximum atomic E-state index is 12.2. The minimum Gasteiger partial charge on any atom is -0.382 e. The van der Waals surface area contributed by atoms with E-state index in [1.807, 2.05) is 19.0 Å². The van der Waals surface area contributed by atoms with E-state index in [1.165, 1.54) is 23.9 Å². The van der Waals surface area contributed by atoms with E-state index in [0.29, 0.717) is 17.6 Å². The van der Waals surface area contributed by atoms with E-state index < -0.39 is 0 Å². The highest BCUT2D eigenvalue weighted by Crippen LogP contribution is 2.43. The summed E-state index contributed by atoms with van der Waals surface area (Å²) in [4.78, 5) is 14.2. The fourth-order valence-corrected chi connectivity index (χ4v) is 2.87. The van der Waals surface area contributed by atoms with Gasteiger partial charge in [0.2, 0.25) is 0 Å². The third kappa shape index (κ3) is 3.77. The van der Waals surface area contributed by atoms with E-state index in [9.17, 15) is 4.79 Å². The molecule has 1 heterocycles. The van der Waals surface area contributed by atoms with Crippen LogP contribution in [0.3, 0.4) is 0 Å². The molecule has 0 atom stereocenters. The molecule has 0 bridgehead atoms. The lowest BCUT2D eigenvalue weighted by molar-refractivity contribution is 0.145. The standard InChI is InChI=1S/C15H25ClN4O/c1-4-15(6-5-7-15)11-17-12-10-18-20(9-8-19(2)3)14(21)13(12)16/h10,17H,4-9,11H2,1-3H3. The smallest absolute Gasteiger partial charge is 0.287 e. The molecule has 1 fully saturated rings. The van der Waals surface area contributed by atoms with Crippen molar-refractivity contribution in [3.63, 3.8) is 0 Å². The average molecular weight is 313 g/mol. The van der Waals surface area contributed by atoms with Crippen molar-refractivity contribution >= 4 is 17.3 Å². The molecule has 1 aromatic heterocycles. The maximum absolute atomic E-state index is 12.2. The summed E-state index contributed by atoms with van der Waals surface area (Å²) in [5.74, 6) is 0. The van der Waals surface area contributed by atoms with Crippen LogP contribution in [0.5, 0.6) is 0 Å². The van der Waals surface area contributed by atoms with E-state index >= 15 is 0 Å². The van der Waals surface area contributed by atoms with Crippen LogP contribution in [0.15, 0.2) is 11.0 Å². The van der Waals surface area contributed by atoms with Crippen molar-refractivity contribution in [3.8, 4) is 0 Å². The monoisotopic (exact) mass is 312 g/mol. The third-order valence-corrected chi connectivity index (χ3v) is 4.93. The van der Waals surface area contributed by atoms with Gasteiger partial charge in [0, 0.05) is 13.1 Å². The number of hydrogen-bond acceptors (Lipinski definition) is 4. The Balaban J connectivity index is 2.04. The minimum absolute atomic E-state index is 0.220. The van der Waals surface area contributed by atoms with Crippen LogP contribution in [-0.4, -0.2) is 41.9 Å². The molecule has 6 heteroatoms. The van der Waals surface area contributed by atoms with Crippen LogP contribution < -0.4 is 10.9 Å². The molecule has 1 aliphatic rings. The number of nitrogens with zero attached hydrogens (tertiary/aromatic N) is 3. The van der Waals surface area contributed by atoms with Gasteiger partial charge in [-0.05, 0) is 38.8 Å². The third-order valence-electron chi connectivity index (χ3n) is 4.56. The maximum Gasteiger partial charge on any atom is 0.287 e. The van der Waals surface area contributed by atoms with Gasteiger partial charge in [-0.25, -0.2) is 4.68 Å². The molecule has 1 N–H and O–H groups in total. The van der Waals surface area contributed by atoms with Crippen LogP contribution in [0, 0.1) is 5.41 Å². The fourth-order valence-electron chi connectivity index (χ4n) is 2.66. The van der Waals surface area contributed by atoms with Gasteiger partial charge in [0.05, 0.1) is 18.4 Å². The van der Waals surface area contributed by atoms with E-state index in [-0.39, 0.29) is 10.6 Å². The molecule has 0 unspecified atom stereocenters. The highest BCUT2D eigenvalue weighted by molar-refractivity contribution is 6.32. The molecule has 118 valence electrons. The first kappa shape index (κ1) is 16.3. The summed E-state index contributed by atoms with van der Waals surface area (Å²) in [6.45, 7) is 4.39. The normalized spacial score (nSPS) is 16.8. The van der Waals surface area contributed by atoms with Crippen molar-refractivity contribution in [3.05, 3.63) is 21.6 Å². The molecule has 0 aromatic carbocycles. The molecule has 1 aliphatic carbocycles. The lowest BCUT2D eigenvalue weighted by Crippen LogP contribution is -2.36. The van der Waals surface area contributed by atoms with E-state index in [1.54, 1.807) is 6.20 Å². The summed E-state index contributed by atoms with van der Waals surface area (Å²) < 4.78 is 1.42. The van der Waals surface area contributed by atoms with Gasteiger partial charge >= 0.3 is 0 Å². The average Bonchev–Trinajstić information content (AvgIpc) is 2.41. The largest absolute Gasteiger partial charge is 0.382 e. The van der Waals surface area contributed by atoms with Crippen LogP contribution in [0.2, 0.25) is 5.02 Å².